The second kappa shape index (κ2) is 7.51. The Bertz CT molecular complexity index is 752. The zero-order valence-corrected chi connectivity index (χ0v) is 14.9. The van der Waals surface area contributed by atoms with Gasteiger partial charge in [0.1, 0.15) is 6.04 Å². The molecule has 1 atom stereocenters. The van der Waals surface area contributed by atoms with E-state index >= 15 is 0 Å². The molecule has 0 saturated carbocycles. The number of aromatic nitrogens is 4. The van der Waals surface area contributed by atoms with Crippen molar-refractivity contribution in [1.29, 1.82) is 0 Å². The van der Waals surface area contributed by atoms with Crippen LogP contribution in [0.25, 0.3) is 0 Å². The monoisotopic (exact) mass is 374 g/mol. The zero-order valence-electron chi connectivity index (χ0n) is 14.2. The van der Waals surface area contributed by atoms with E-state index in [-0.39, 0.29) is 23.2 Å². The number of piperidine rings is 1. The summed E-state index contributed by atoms with van der Waals surface area (Å²) in [5.74, 6) is -0.0260. The first-order chi connectivity index (χ1) is 12.7. The van der Waals surface area contributed by atoms with Gasteiger partial charge in [-0.1, -0.05) is 0 Å². The first kappa shape index (κ1) is 17.1. The Kier molecular flexibility index (Phi) is 4.94. The van der Waals surface area contributed by atoms with E-state index in [0.29, 0.717) is 6.61 Å². The second-order valence-electron chi connectivity index (χ2n) is 6.40. The van der Waals surface area contributed by atoms with Gasteiger partial charge in [-0.3, -0.25) is 19.6 Å². The van der Waals surface area contributed by atoms with E-state index < -0.39 is 0 Å². The highest BCUT2D eigenvalue weighted by Gasteiger charge is 2.37. The number of amides is 1. The van der Waals surface area contributed by atoms with Crippen LogP contribution in [0, 0.1) is 5.92 Å². The molecule has 1 amide bonds. The molecule has 2 aliphatic heterocycles. The second-order valence-corrected chi connectivity index (χ2v) is 6.74. The largest absolute Gasteiger partial charge is 0.369 e. The summed E-state index contributed by atoms with van der Waals surface area (Å²) in [5, 5.41) is 1.75. The Morgan fingerprint density at radius 2 is 1.85 bits per heavy atom. The standard InChI is InChI=1S/C17H19ClN6O2/c18-17-21-9-13(10-22-17)23-6-1-12(2-7-23)16(25)24-15(3-8-26-24)14-11-19-4-5-20-14/h4-5,9-12,15H,1-3,6-8H2/t15-/m0/s1. The highest BCUT2D eigenvalue weighted by atomic mass is 35.5. The smallest absolute Gasteiger partial charge is 0.250 e. The molecule has 0 radical (unpaired) electrons. The van der Waals surface area contributed by atoms with Crippen LogP contribution in [0.3, 0.4) is 0 Å². The summed E-state index contributed by atoms with van der Waals surface area (Å²) < 4.78 is 0. The third kappa shape index (κ3) is 3.47. The summed E-state index contributed by atoms with van der Waals surface area (Å²) in [6.45, 7) is 2.06. The van der Waals surface area contributed by atoms with Crippen LogP contribution in [0.1, 0.15) is 31.0 Å². The number of hydroxylamine groups is 2. The van der Waals surface area contributed by atoms with Crippen LogP contribution < -0.4 is 4.90 Å². The fourth-order valence-electron chi connectivity index (χ4n) is 3.47. The van der Waals surface area contributed by atoms with Crippen molar-refractivity contribution in [3.05, 3.63) is 42.0 Å². The number of nitrogens with zero attached hydrogens (tertiary/aromatic N) is 6. The molecule has 0 aliphatic carbocycles. The van der Waals surface area contributed by atoms with E-state index in [9.17, 15) is 4.79 Å². The number of anilines is 1. The molecule has 2 fully saturated rings. The number of rotatable bonds is 3. The molecule has 26 heavy (non-hydrogen) atoms. The van der Waals surface area contributed by atoms with Crippen LogP contribution in [0.5, 0.6) is 0 Å². The van der Waals surface area contributed by atoms with E-state index in [1.54, 1.807) is 31.0 Å². The molecule has 2 saturated heterocycles. The molecule has 2 aromatic heterocycles. The Labute approximate surface area is 156 Å². The van der Waals surface area contributed by atoms with Crippen molar-refractivity contribution in [3.8, 4) is 0 Å². The van der Waals surface area contributed by atoms with Gasteiger partial charge in [-0.2, -0.15) is 0 Å². The third-order valence-corrected chi connectivity index (χ3v) is 5.06. The molecule has 0 spiro atoms. The summed E-state index contributed by atoms with van der Waals surface area (Å²) in [5.41, 5.74) is 1.70. The molecule has 0 bridgehead atoms. The van der Waals surface area contributed by atoms with Crippen LogP contribution in [0.2, 0.25) is 5.28 Å². The molecule has 2 aliphatic rings. The SMILES string of the molecule is O=C(C1CCN(c2cnc(Cl)nc2)CC1)N1OCC[C@H]1c1cnccn1. The summed E-state index contributed by atoms with van der Waals surface area (Å²) >= 11 is 5.74. The highest BCUT2D eigenvalue weighted by Crippen LogP contribution is 2.32. The molecular weight excluding hydrogens is 356 g/mol. The van der Waals surface area contributed by atoms with Crippen molar-refractivity contribution in [1.82, 2.24) is 25.0 Å². The van der Waals surface area contributed by atoms with Gasteiger partial charge in [0.15, 0.2) is 0 Å². The first-order valence-electron chi connectivity index (χ1n) is 8.67. The lowest BCUT2D eigenvalue weighted by Gasteiger charge is -2.34. The van der Waals surface area contributed by atoms with Gasteiger partial charge in [0, 0.05) is 37.8 Å². The van der Waals surface area contributed by atoms with E-state index in [1.165, 1.54) is 5.06 Å². The minimum Gasteiger partial charge on any atom is -0.369 e. The maximum absolute atomic E-state index is 13.0. The van der Waals surface area contributed by atoms with Crippen LogP contribution >= 0.6 is 11.6 Å². The van der Waals surface area contributed by atoms with Gasteiger partial charge in [-0.05, 0) is 24.4 Å². The van der Waals surface area contributed by atoms with E-state index in [0.717, 1.165) is 43.7 Å². The Hall–Kier alpha value is -2.32. The van der Waals surface area contributed by atoms with Crippen molar-refractivity contribution in [2.45, 2.75) is 25.3 Å². The zero-order chi connectivity index (χ0) is 17.9. The number of halogens is 1. The van der Waals surface area contributed by atoms with Crippen molar-refractivity contribution >= 4 is 23.2 Å². The molecule has 136 valence electrons. The topological polar surface area (TPSA) is 84.3 Å². The number of hydrogen-bond donors (Lipinski definition) is 0. The van der Waals surface area contributed by atoms with Crippen molar-refractivity contribution in [2.24, 2.45) is 5.92 Å². The summed E-state index contributed by atoms with van der Waals surface area (Å²) in [7, 11) is 0. The molecule has 8 nitrogen and oxygen atoms in total. The normalized spacial score (nSPS) is 21.2. The third-order valence-electron chi connectivity index (χ3n) is 4.86. The van der Waals surface area contributed by atoms with E-state index in [2.05, 4.69) is 24.8 Å². The lowest BCUT2D eigenvalue weighted by atomic mass is 9.95. The van der Waals surface area contributed by atoms with Crippen LogP contribution in [-0.4, -0.2) is 50.6 Å². The Morgan fingerprint density at radius 3 is 2.54 bits per heavy atom. The van der Waals surface area contributed by atoms with E-state index in [4.69, 9.17) is 16.4 Å². The minimum absolute atomic E-state index is 0.0326. The summed E-state index contributed by atoms with van der Waals surface area (Å²) in [4.78, 5) is 37.2. The number of carbonyl (C=O) groups is 1. The van der Waals surface area contributed by atoms with Crippen LogP contribution in [0.4, 0.5) is 5.69 Å². The van der Waals surface area contributed by atoms with Crippen molar-refractivity contribution < 1.29 is 9.63 Å². The lowest BCUT2D eigenvalue weighted by molar-refractivity contribution is -0.182. The fraction of sp³-hybridized carbons (Fsp3) is 0.471. The molecule has 4 rings (SSSR count). The Morgan fingerprint density at radius 1 is 1.08 bits per heavy atom. The van der Waals surface area contributed by atoms with E-state index in [1.807, 2.05) is 0 Å². The predicted octanol–water partition coefficient (Wildman–Crippen LogP) is 2.04. The van der Waals surface area contributed by atoms with Gasteiger partial charge in [-0.25, -0.2) is 15.0 Å². The molecule has 0 unspecified atom stereocenters. The van der Waals surface area contributed by atoms with Gasteiger partial charge >= 0.3 is 0 Å². The quantitative estimate of drug-likeness (QED) is 0.760. The number of hydrogen-bond acceptors (Lipinski definition) is 7. The maximum Gasteiger partial charge on any atom is 0.250 e. The van der Waals surface area contributed by atoms with Gasteiger partial charge in [0.25, 0.3) is 0 Å². The Balaban J connectivity index is 1.39. The average Bonchev–Trinajstić information content (AvgIpc) is 3.19. The predicted molar refractivity (Wildman–Crippen MR) is 94.2 cm³/mol. The lowest BCUT2D eigenvalue weighted by Crippen LogP contribution is -2.42. The number of carbonyl (C=O) groups excluding carboxylic acids is 1. The van der Waals surface area contributed by atoms with Gasteiger partial charge in [0.2, 0.25) is 11.2 Å². The van der Waals surface area contributed by atoms with Crippen LogP contribution in [-0.2, 0) is 9.63 Å². The summed E-state index contributed by atoms with van der Waals surface area (Å²) in [6, 6.07) is -0.154. The molecule has 9 heteroatoms. The summed E-state index contributed by atoms with van der Waals surface area (Å²) in [6.07, 6.45) is 10.7. The van der Waals surface area contributed by atoms with Gasteiger partial charge in [0.05, 0.1) is 36.6 Å². The molecule has 4 heterocycles. The average molecular weight is 375 g/mol. The fourth-order valence-corrected chi connectivity index (χ4v) is 3.57. The highest BCUT2D eigenvalue weighted by molar-refractivity contribution is 6.28. The van der Waals surface area contributed by atoms with Gasteiger partial charge < -0.3 is 4.90 Å². The maximum atomic E-state index is 13.0. The molecular formula is C17H19ClN6O2. The first-order valence-corrected chi connectivity index (χ1v) is 9.04. The van der Waals surface area contributed by atoms with Crippen molar-refractivity contribution in [3.63, 3.8) is 0 Å². The van der Waals surface area contributed by atoms with Gasteiger partial charge in [-0.15, -0.1) is 0 Å². The molecule has 0 N–H and O–H groups in total. The van der Waals surface area contributed by atoms with Crippen LogP contribution in [0.15, 0.2) is 31.0 Å². The molecule has 2 aromatic rings. The van der Waals surface area contributed by atoms with Crippen molar-refractivity contribution in [2.75, 3.05) is 24.6 Å². The molecule has 0 aromatic carbocycles. The minimum atomic E-state index is -0.154.